The highest BCUT2D eigenvalue weighted by atomic mass is 32.1. The van der Waals surface area contributed by atoms with E-state index < -0.39 is 0 Å². The molecule has 2 N–H and O–H groups in total. The molecular weight excluding hydrogens is 348 g/mol. The Morgan fingerprint density at radius 3 is 2.96 bits per heavy atom. The van der Waals surface area contributed by atoms with Gasteiger partial charge >= 0.3 is 0 Å². The second-order valence-electron chi connectivity index (χ2n) is 6.36. The van der Waals surface area contributed by atoms with Crippen LogP contribution in [0.15, 0.2) is 47.2 Å². The highest BCUT2D eigenvalue weighted by Crippen LogP contribution is 2.38. The van der Waals surface area contributed by atoms with Gasteiger partial charge in [-0.05, 0) is 38.3 Å². The third kappa shape index (κ3) is 3.48. The number of fused-ring (bicyclic) bond motifs is 1. The molecule has 0 fully saturated rings. The van der Waals surface area contributed by atoms with Gasteiger partial charge in [-0.2, -0.15) is 0 Å². The van der Waals surface area contributed by atoms with Crippen LogP contribution >= 0.6 is 11.3 Å². The van der Waals surface area contributed by atoms with E-state index in [4.69, 9.17) is 9.40 Å². The predicted octanol–water partition coefficient (Wildman–Crippen LogP) is 4.17. The van der Waals surface area contributed by atoms with Crippen molar-refractivity contribution in [2.45, 2.75) is 38.1 Å². The van der Waals surface area contributed by atoms with Crippen LogP contribution in [0, 0.1) is 0 Å². The Balaban J connectivity index is 1.50. The maximum atomic E-state index is 12.8. The van der Waals surface area contributed by atoms with E-state index in [0.717, 1.165) is 35.8 Å². The van der Waals surface area contributed by atoms with Crippen molar-refractivity contribution >= 4 is 28.1 Å². The van der Waals surface area contributed by atoms with Gasteiger partial charge in [-0.15, -0.1) is 11.3 Å². The monoisotopic (exact) mass is 368 g/mol. The molecule has 0 spiro atoms. The van der Waals surface area contributed by atoms with Gasteiger partial charge in [-0.25, -0.2) is 9.97 Å². The number of aromatic nitrogens is 2. The Bertz CT molecular complexity index is 876. The van der Waals surface area contributed by atoms with Gasteiger partial charge in [0.25, 0.3) is 0 Å². The molecule has 0 radical (unpaired) electrons. The van der Waals surface area contributed by atoms with Gasteiger partial charge in [-0.1, -0.05) is 18.2 Å². The summed E-state index contributed by atoms with van der Waals surface area (Å²) in [5, 5.41) is 7.17. The van der Waals surface area contributed by atoms with Crippen LogP contribution in [-0.2, 0) is 11.2 Å². The average molecular weight is 368 g/mol. The minimum atomic E-state index is -0.261. The summed E-state index contributed by atoms with van der Waals surface area (Å²) in [7, 11) is 0. The predicted molar refractivity (Wildman–Crippen MR) is 101 cm³/mol. The van der Waals surface area contributed by atoms with Crippen molar-refractivity contribution in [1.82, 2.24) is 15.3 Å². The molecule has 1 amide bonds. The molecule has 1 aliphatic carbocycles. The van der Waals surface area contributed by atoms with Crippen LogP contribution in [0.2, 0.25) is 0 Å². The number of amides is 1. The van der Waals surface area contributed by atoms with E-state index in [0.29, 0.717) is 5.89 Å². The van der Waals surface area contributed by atoms with Crippen LogP contribution in [0.3, 0.4) is 0 Å². The summed E-state index contributed by atoms with van der Waals surface area (Å²) < 4.78 is 5.27. The normalized spacial score (nSPS) is 17.3. The summed E-state index contributed by atoms with van der Waals surface area (Å²) in [6, 6.07) is 9.69. The lowest BCUT2D eigenvalue weighted by atomic mass is 9.90. The zero-order valence-corrected chi connectivity index (χ0v) is 15.3. The quantitative estimate of drug-likeness (QED) is 0.706. The van der Waals surface area contributed by atoms with E-state index in [9.17, 15) is 4.79 Å². The number of anilines is 2. The smallest absolute Gasteiger partial charge is 0.229 e. The number of para-hydroxylation sites is 1. The number of carbonyl (C=O) groups is 1. The number of carbonyl (C=O) groups excluding carboxylic acids is 1. The SMILES string of the molecule is CC(NC(=O)C1CCCc2sc(Nc3ccccc3)nc21)c1ncco1. The number of nitrogens with zero attached hydrogens (tertiary/aromatic N) is 2. The molecule has 3 aromatic rings. The standard InChI is InChI=1S/C19H20N4O2S/c1-12(18-20-10-11-25-18)21-17(24)14-8-5-9-15-16(14)23-19(26-15)22-13-6-3-2-4-7-13/h2-4,6-7,10-12,14H,5,8-9H2,1H3,(H,21,24)(H,22,23). The van der Waals surface area contributed by atoms with Crippen molar-refractivity contribution in [3.8, 4) is 0 Å². The topological polar surface area (TPSA) is 80.0 Å². The minimum Gasteiger partial charge on any atom is -0.447 e. The van der Waals surface area contributed by atoms with Gasteiger partial charge in [0.1, 0.15) is 12.3 Å². The zero-order chi connectivity index (χ0) is 17.9. The third-order valence-corrected chi connectivity index (χ3v) is 5.52. The van der Waals surface area contributed by atoms with E-state index in [-0.39, 0.29) is 17.9 Å². The van der Waals surface area contributed by atoms with Crippen molar-refractivity contribution < 1.29 is 9.21 Å². The van der Waals surface area contributed by atoms with Crippen molar-refractivity contribution in [2.75, 3.05) is 5.32 Å². The van der Waals surface area contributed by atoms with Crippen LogP contribution in [0.5, 0.6) is 0 Å². The van der Waals surface area contributed by atoms with E-state index in [1.54, 1.807) is 17.5 Å². The van der Waals surface area contributed by atoms with Gasteiger partial charge in [0.05, 0.1) is 17.8 Å². The lowest BCUT2D eigenvalue weighted by Gasteiger charge is -2.21. The van der Waals surface area contributed by atoms with Gasteiger partial charge in [0.2, 0.25) is 11.8 Å². The van der Waals surface area contributed by atoms with E-state index >= 15 is 0 Å². The molecule has 2 atom stereocenters. The van der Waals surface area contributed by atoms with Crippen LogP contribution in [0.1, 0.15) is 48.2 Å². The molecule has 26 heavy (non-hydrogen) atoms. The summed E-state index contributed by atoms with van der Waals surface area (Å²) in [4.78, 5) is 22.8. The van der Waals surface area contributed by atoms with Crippen molar-refractivity contribution in [3.05, 3.63) is 59.3 Å². The first-order valence-corrected chi connectivity index (χ1v) is 9.54. The van der Waals surface area contributed by atoms with Gasteiger partial charge < -0.3 is 15.1 Å². The molecule has 2 heterocycles. The van der Waals surface area contributed by atoms with Gasteiger partial charge in [-0.3, -0.25) is 4.79 Å². The number of thiazole rings is 1. The zero-order valence-electron chi connectivity index (χ0n) is 14.4. The summed E-state index contributed by atoms with van der Waals surface area (Å²) >= 11 is 1.63. The molecular formula is C19H20N4O2S. The Morgan fingerprint density at radius 2 is 2.19 bits per heavy atom. The fraction of sp³-hybridized carbons (Fsp3) is 0.316. The molecule has 0 aliphatic heterocycles. The number of benzene rings is 1. The summed E-state index contributed by atoms with van der Waals surface area (Å²) in [5.41, 5.74) is 1.90. The van der Waals surface area contributed by atoms with E-state index in [1.807, 2.05) is 37.3 Å². The Morgan fingerprint density at radius 1 is 1.35 bits per heavy atom. The molecule has 2 unspecified atom stereocenters. The second-order valence-corrected chi connectivity index (χ2v) is 7.45. The number of hydrogen-bond acceptors (Lipinski definition) is 6. The lowest BCUT2D eigenvalue weighted by molar-refractivity contribution is -0.123. The van der Waals surface area contributed by atoms with Crippen molar-refractivity contribution in [1.29, 1.82) is 0 Å². The number of rotatable bonds is 5. The molecule has 1 aromatic carbocycles. The number of oxazole rings is 1. The van der Waals surface area contributed by atoms with Crippen molar-refractivity contribution in [3.63, 3.8) is 0 Å². The molecule has 0 saturated heterocycles. The second kappa shape index (κ2) is 7.29. The number of aryl methyl sites for hydroxylation is 1. The van der Waals surface area contributed by atoms with Crippen molar-refractivity contribution in [2.24, 2.45) is 0 Å². The molecule has 2 aromatic heterocycles. The summed E-state index contributed by atoms with van der Waals surface area (Å²) in [6.07, 6.45) is 5.87. The Kier molecular flexibility index (Phi) is 4.71. The number of hydrogen-bond donors (Lipinski definition) is 2. The highest BCUT2D eigenvalue weighted by molar-refractivity contribution is 7.15. The Hall–Kier alpha value is -2.67. The lowest BCUT2D eigenvalue weighted by Crippen LogP contribution is -2.33. The molecule has 134 valence electrons. The van der Waals surface area contributed by atoms with E-state index in [1.165, 1.54) is 11.1 Å². The van der Waals surface area contributed by atoms with Crippen LogP contribution in [0.25, 0.3) is 0 Å². The third-order valence-electron chi connectivity index (χ3n) is 4.48. The molecule has 1 aliphatic rings. The largest absolute Gasteiger partial charge is 0.447 e. The van der Waals surface area contributed by atoms with Crippen LogP contribution < -0.4 is 10.6 Å². The minimum absolute atomic E-state index is 0.0202. The maximum Gasteiger partial charge on any atom is 0.229 e. The molecule has 6 nitrogen and oxygen atoms in total. The maximum absolute atomic E-state index is 12.8. The Labute approximate surface area is 155 Å². The van der Waals surface area contributed by atoms with Crippen LogP contribution in [0.4, 0.5) is 10.8 Å². The molecule has 4 rings (SSSR count). The van der Waals surface area contributed by atoms with Gasteiger partial charge in [0.15, 0.2) is 5.13 Å². The molecule has 7 heteroatoms. The summed E-state index contributed by atoms with van der Waals surface area (Å²) in [5.74, 6) is 0.269. The highest BCUT2D eigenvalue weighted by Gasteiger charge is 2.31. The fourth-order valence-corrected chi connectivity index (χ4v) is 4.28. The fourth-order valence-electron chi connectivity index (χ4n) is 3.20. The molecule has 0 bridgehead atoms. The first-order valence-electron chi connectivity index (χ1n) is 8.72. The molecule has 0 saturated carbocycles. The average Bonchev–Trinajstić information content (AvgIpc) is 3.31. The summed E-state index contributed by atoms with van der Waals surface area (Å²) in [6.45, 7) is 1.87. The van der Waals surface area contributed by atoms with E-state index in [2.05, 4.69) is 15.6 Å². The van der Waals surface area contributed by atoms with Gasteiger partial charge in [0, 0.05) is 10.6 Å². The van der Waals surface area contributed by atoms with Crippen LogP contribution in [-0.4, -0.2) is 15.9 Å². The number of nitrogens with one attached hydrogen (secondary N) is 2. The first-order chi connectivity index (χ1) is 12.7. The first kappa shape index (κ1) is 16.8.